The summed E-state index contributed by atoms with van der Waals surface area (Å²) in [5.41, 5.74) is 14.3. The fourth-order valence-corrected chi connectivity index (χ4v) is 10.6. The van der Waals surface area contributed by atoms with E-state index in [-0.39, 0.29) is 52.3 Å². The number of rotatable bonds is 7. The first-order valence-electron chi connectivity index (χ1n) is 22.6. The smallest absolute Gasteiger partial charge is 0 e. The van der Waals surface area contributed by atoms with Gasteiger partial charge in [0.2, 0.25) is 0 Å². The maximum absolute atomic E-state index is 6.75. The second-order valence-corrected chi connectivity index (χ2v) is 22.3. The first kappa shape index (κ1) is 46.2. The number of ether oxygens (including phenoxy) is 1. The standard InChI is InChI=1S/C59H54N5OSe.Pt/c1-57(2,3)41-25-27-49-51(34-41)62(38-63(49)55-47(39-18-12-10-13-19-39)32-43(59(7,8)9)33-48(55)40-20-14-11-15-21-40)44-22-16-23-45(36-44)65-46-26-28-53-52(37-46)64(50-24-17-30-61-56(50)66-53)54-35-42(29-31-60-54)58(4,5)6;/h10-35,38H,1-9H3;/q-3;. The van der Waals surface area contributed by atoms with E-state index >= 15 is 0 Å². The molecule has 2 aliphatic rings. The van der Waals surface area contributed by atoms with E-state index in [9.17, 15) is 0 Å². The van der Waals surface area contributed by atoms with Crippen LogP contribution in [-0.2, 0) is 37.3 Å². The van der Waals surface area contributed by atoms with Gasteiger partial charge in [0.1, 0.15) is 0 Å². The molecule has 0 fully saturated rings. The van der Waals surface area contributed by atoms with Crippen molar-refractivity contribution in [2.24, 2.45) is 0 Å². The number of benzene rings is 6. The maximum Gasteiger partial charge on any atom is 0 e. The minimum Gasteiger partial charge on any atom is 0 e. The van der Waals surface area contributed by atoms with Crippen LogP contribution in [0.2, 0.25) is 0 Å². The van der Waals surface area contributed by atoms with Gasteiger partial charge in [-0.15, -0.1) is 0 Å². The van der Waals surface area contributed by atoms with Crippen molar-refractivity contribution in [3.63, 3.8) is 0 Å². The van der Waals surface area contributed by atoms with E-state index in [1.807, 2.05) is 36.7 Å². The molecule has 0 N–H and O–H groups in total. The predicted molar refractivity (Wildman–Crippen MR) is 274 cm³/mol. The number of pyridine rings is 2. The zero-order chi connectivity index (χ0) is 46.0. The van der Waals surface area contributed by atoms with Crippen molar-refractivity contribution in [2.75, 3.05) is 14.7 Å². The van der Waals surface area contributed by atoms with Gasteiger partial charge in [-0.25, -0.2) is 0 Å². The molecule has 6 aromatic carbocycles. The average Bonchev–Trinajstić information content (AvgIpc) is 3.69. The van der Waals surface area contributed by atoms with Gasteiger partial charge >= 0.3 is 240 Å². The Bertz CT molecular complexity index is 3040. The molecule has 0 unspecified atom stereocenters. The molecule has 340 valence electrons. The van der Waals surface area contributed by atoms with Crippen LogP contribution in [0, 0.1) is 18.8 Å². The van der Waals surface area contributed by atoms with Crippen LogP contribution in [0.15, 0.2) is 158 Å². The molecule has 8 aromatic rings. The molecule has 0 aliphatic carbocycles. The van der Waals surface area contributed by atoms with Crippen LogP contribution in [0.3, 0.4) is 0 Å². The zero-order valence-corrected chi connectivity index (χ0v) is 43.4. The normalized spacial score (nSPS) is 13.4. The monoisotopic (exact) mass is 1120 g/mol. The molecule has 0 saturated heterocycles. The Balaban J connectivity index is 0.00000562. The van der Waals surface area contributed by atoms with Gasteiger partial charge in [0.25, 0.3) is 0 Å². The summed E-state index contributed by atoms with van der Waals surface area (Å²) in [6.07, 6.45) is 3.77. The molecule has 0 bridgehead atoms. The second kappa shape index (κ2) is 17.9. The summed E-state index contributed by atoms with van der Waals surface area (Å²) < 4.78 is 8.98. The molecule has 0 atom stereocenters. The van der Waals surface area contributed by atoms with Crippen LogP contribution in [0.5, 0.6) is 11.5 Å². The van der Waals surface area contributed by atoms with E-state index < -0.39 is 0 Å². The van der Waals surface area contributed by atoms with E-state index in [0.29, 0.717) is 11.5 Å². The minimum atomic E-state index is -0.0776. The summed E-state index contributed by atoms with van der Waals surface area (Å²) in [5, 5.41) is 0. The molecule has 4 heterocycles. The number of aromatic nitrogens is 2. The van der Waals surface area contributed by atoms with E-state index in [2.05, 4.69) is 217 Å². The van der Waals surface area contributed by atoms with Crippen molar-refractivity contribution in [3.05, 3.63) is 193 Å². The summed E-state index contributed by atoms with van der Waals surface area (Å²) in [7, 11) is 0. The van der Waals surface area contributed by atoms with E-state index in [0.717, 1.165) is 55.7 Å². The van der Waals surface area contributed by atoms with Crippen molar-refractivity contribution in [2.45, 2.75) is 78.6 Å². The van der Waals surface area contributed by atoms with Crippen LogP contribution < -0.4 is 28.5 Å². The molecule has 8 heteroatoms. The fourth-order valence-electron chi connectivity index (χ4n) is 8.61. The van der Waals surface area contributed by atoms with Gasteiger partial charge in [-0.2, -0.15) is 0 Å². The van der Waals surface area contributed by atoms with Crippen LogP contribution in [-0.4, -0.2) is 24.9 Å². The molecule has 2 aromatic heterocycles. The topological polar surface area (TPSA) is 44.7 Å². The third-order valence-corrected chi connectivity index (χ3v) is 14.6. The van der Waals surface area contributed by atoms with Gasteiger partial charge in [-0.05, 0) is 39.7 Å². The Hall–Kier alpha value is -5.97. The summed E-state index contributed by atoms with van der Waals surface area (Å²) in [5.74, 6) is 2.02. The molecule has 0 saturated carbocycles. The van der Waals surface area contributed by atoms with Gasteiger partial charge < -0.3 is 0 Å². The maximum atomic E-state index is 6.75. The number of anilines is 7. The number of hydrogen-bond donors (Lipinski definition) is 0. The first-order valence-corrected chi connectivity index (χ1v) is 24.3. The average molecular weight is 1120 g/mol. The van der Waals surface area contributed by atoms with Gasteiger partial charge in [-0.1, -0.05) is 108 Å². The quantitative estimate of drug-likeness (QED) is 0.117. The molecular formula is C59H54N5OPtSe-3. The van der Waals surface area contributed by atoms with Crippen molar-refractivity contribution in [3.8, 4) is 33.8 Å². The van der Waals surface area contributed by atoms with Crippen molar-refractivity contribution < 1.29 is 25.8 Å². The number of hydrogen-bond acceptors (Lipinski definition) is 6. The Morgan fingerprint density at radius 2 is 1.16 bits per heavy atom. The van der Waals surface area contributed by atoms with E-state index in [4.69, 9.17) is 14.7 Å². The van der Waals surface area contributed by atoms with Gasteiger partial charge in [0.05, 0.1) is 0 Å². The van der Waals surface area contributed by atoms with Gasteiger partial charge in [0, 0.05) is 32.2 Å². The van der Waals surface area contributed by atoms with Crippen LogP contribution in [0.25, 0.3) is 22.3 Å². The van der Waals surface area contributed by atoms with E-state index in [1.165, 1.54) is 32.3 Å². The minimum absolute atomic E-state index is 0. The van der Waals surface area contributed by atoms with Crippen LogP contribution in [0.1, 0.15) is 79.0 Å². The molecule has 0 amide bonds. The van der Waals surface area contributed by atoms with Crippen LogP contribution >= 0.6 is 0 Å². The van der Waals surface area contributed by atoms with Crippen LogP contribution in [0.4, 0.5) is 39.9 Å². The third-order valence-electron chi connectivity index (χ3n) is 12.3. The van der Waals surface area contributed by atoms with Crippen molar-refractivity contribution in [1.82, 2.24) is 9.97 Å². The molecular weight excluding hydrogens is 1070 g/mol. The van der Waals surface area contributed by atoms with E-state index in [1.54, 1.807) is 0 Å². The Morgan fingerprint density at radius 3 is 1.82 bits per heavy atom. The molecule has 6 nitrogen and oxygen atoms in total. The Kier molecular flexibility index (Phi) is 12.3. The Labute approximate surface area is 417 Å². The molecule has 67 heavy (non-hydrogen) atoms. The zero-order valence-electron chi connectivity index (χ0n) is 39.5. The van der Waals surface area contributed by atoms with Gasteiger partial charge in [-0.3, -0.25) is 0 Å². The van der Waals surface area contributed by atoms with Crippen molar-refractivity contribution in [1.29, 1.82) is 0 Å². The third kappa shape index (κ3) is 9.10. The first-order chi connectivity index (χ1) is 31.6. The second-order valence-electron chi connectivity index (χ2n) is 20.2. The largest absolute Gasteiger partial charge is 0 e. The summed E-state index contributed by atoms with van der Waals surface area (Å²) >= 11 is -0.0181. The Morgan fingerprint density at radius 1 is 0.522 bits per heavy atom. The number of nitrogens with zero attached hydrogens (tertiary/aromatic N) is 5. The molecule has 2 aliphatic heterocycles. The molecule has 0 spiro atoms. The summed E-state index contributed by atoms with van der Waals surface area (Å²) in [6.45, 7) is 22.6. The summed E-state index contributed by atoms with van der Waals surface area (Å²) in [4.78, 5) is 16.5. The predicted octanol–water partition coefficient (Wildman–Crippen LogP) is 13.9. The SMILES string of the molecule is CC(C)(C)c1ccnc(N2c3[c-]c(Oc4[c-]c(N5[CH-]N(c6c(-c7ccccc7)cc(C(C)(C)C)cc6-c6ccccc6)c6ccc(C(C)(C)C)cc65)ccc4)ccc3[Se]c3ncccc32)c1.[Pt]. The van der Waals surface area contributed by atoms with Crippen molar-refractivity contribution >= 4 is 64.0 Å². The fraction of sp³-hybridized carbons (Fsp3) is 0.203. The molecule has 0 radical (unpaired) electrons. The van der Waals surface area contributed by atoms with Gasteiger partial charge in [0.15, 0.2) is 0 Å². The number of fused-ring (bicyclic) bond motifs is 3. The molecule has 10 rings (SSSR count). The summed E-state index contributed by atoms with van der Waals surface area (Å²) in [6, 6.07) is 59.3.